The summed E-state index contributed by atoms with van der Waals surface area (Å²) >= 11 is 0. The molecular formula is C20H16F6N2O4S. The molecule has 13 heteroatoms. The maximum atomic E-state index is 13.0. The van der Waals surface area contributed by atoms with E-state index in [4.69, 9.17) is 0 Å². The van der Waals surface area contributed by atoms with Gasteiger partial charge in [0, 0.05) is 31.9 Å². The van der Waals surface area contributed by atoms with E-state index < -0.39 is 43.5 Å². The summed E-state index contributed by atoms with van der Waals surface area (Å²) in [7, 11) is -4.39. The summed E-state index contributed by atoms with van der Waals surface area (Å²) in [6, 6.07) is 6.59. The lowest BCUT2D eigenvalue weighted by Gasteiger charge is -2.37. The van der Waals surface area contributed by atoms with Crippen molar-refractivity contribution in [3.63, 3.8) is 0 Å². The normalized spacial score (nSPS) is 15.5. The molecule has 1 amide bonds. The Hall–Kier alpha value is -3.09. The fourth-order valence-corrected chi connectivity index (χ4v) is 4.89. The van der Waals surface area contributed by atoms with E-state index in [0.717, 1.165) is 18.2 Å². The Morgan fingerprint density at radius 3 is 1.94 bits per heavy atom. The van der Waals surface area contributed by atoms with Crippen LogP contribution in [0.15, 0.2) is 52.3 Å². The Morgan fingerprint density at radius 1 is 0.879 bits per heavy atom. The van der Waals surface area contributed by atoms with Gasteiger partial charge in [-0.3, -0.25) is 9.59 Å². The molecule has 0 saturated carbocycles. The number of hydrogen-bond donors (Lipinski definition) is 0. The highest BCUT2D eigenvalue weighted by Gasteiger charge is 2.43. The quantitative estimate of drug-likeness (QED) is 0.480. The first kappa shape index (κ1) is 24.6. The van der Waals surface area contributed by atoms with Crippen LogP contribution < -0.4 is 4.90 Å². The third-order valence-corrected chi connectivity index (χ3v) is 6.92. The number of piperazine rings is 1. The van der Waals surface area contributed by atoms with Crippen LogP contribution in [0, 0.1) is 0 Å². The smallest absolute Gasteiger partial charge is 0.367 e. The minimum Gasteiger partial charge on any atom is -0.367 e. The lowest BCUT2D eigenvalue weighted by Crippen LogP contribution is -2.52. The van der Waals surface area contributed by atoms with Crippen molar-refractivity contribution < 1.29 is 44.3 Å². The highest BCUT2D eigenvalue weighted by atomic mass is 32.2. The second kappa shape index (κ2) is 8.69. The van der Waals surface area contributed by atoms with Crippen molar-refractivity contribution in [2.24, 2.45) is 0 Å². The van der Waals surface area contributed by atoms with Crippen LogP contribution in [-0.4, -0.2) is 57.9 Å². The zero-order valence-corrected chi connectivity index (χ0v) is 17.5. The van der Waals surface area contributed by atoms with Gasteiger partial charge in [-0.2, -0.15) is 26.3 Å². The van der Waals surface area contributed by atoms with Crippen LogP contribution >= 0.6 is 0 Å². The number of nitrogens with zero attached hydrogens (tertiary/aromatic N) is 2. The lowest BCUT2D eigenvalue weighted by atomic mass is 10.1. The number of rotatable bonds is 4. The van der Waals surface area contributed by atoms with Crippen LogP contribution in [0.3, 0.4) is 0 Å². The molecule has 0 spiro atoms. The monoisotopic (exact) mass is 494 g/mol. The molecule has 33 heavy (non-hydrogen) atoms. The third kappa shape index (κ3) is 4.97. The van der Waals surface area contributed by atoms with E-state index in [9.17, 15) is 44.3 Å². The summed E-state index contributed by atoms with van der Waals surface area (Å²) in [5.41, 5.74) is -1.21. The lowest BCUT2D eigenvalue weighted by molar-refractivity contribution is -0.185. The Bertz CT molecular complexity index is 1150. The predicted octanol–water partition coefficient (Wildman–Crippen LogP) is 3.56. The molecule has 1 aliphatic rings. The van der Waals surface area contributed by atoms with Gasteiger partial charge in [0.2, 0.25) is 9.84 Å². The van der Waals surface area contributed by atoms with E-state index in [1.807, 2.05) is 0 Å². The van der Waals surface area contributed by atoms with Crippen LogP contribution in [0.1, 0.15) is 15.9 Å². The molecule has 2 aromatic carbocycles. The van der Waals surface area contributed by atoms with Gasteiger partial charge in [0.1, 0.15) is 0 Å². The first-order valence-corrected chi connectivity index (χ1v) is 10.9. The molecular weight excluding hydrogens is 478 g/mol. The maximum absolute atomic E-state index is 13.0. The van der Waals surface area contributed by atoms with Gasteiger partial charge in [-0.1, -0.05) is 6.07 Å². The summed E-state index contributed by atoms with van der Waals surface area (Å²) in [6.07, 6.45) is -9.42. The van der Waals surface area contributed by atoms with E-state index in [-0.39, 0.29) is 43.7 Å². The Labute approximate surface area is 184 Å². The molecule has 3 rings (SSSR count). The van der Waals surface area contributed by atoms with E-state index >= 15 is 0 Å². The maximum Gasteiger partial charge on any atom is 0.471 e. The molecule has 0 N–H and O–H groups in total. The molecule has 6 nitrogen and oxygen atoms in total. The van der Waals surface area contributed by atoms with E-state index in [0.29, 0.717) is 17.0 Å². The van der Waals surface area contributed by atoms with Gasteiger partial charge < -0.3 is 9.80 Å². The van der Waals surface area contributed by atoms with Gasteiger partial charge in [-0.25, -0.2) is 8.42 Å². The number of carbonyl (C=O) groups excluding carboxylic acids is 2. The standard InChI is InChI=1S/C20H16F6N2O4S/c21-19(22,23)13-4-6-14(7-5-13)33(31,32)17-3-1-2-16(15(17)12-29)27-8-10-28(11-9-27)18(30)20(24,25)26/h1-7,12H,8-11H2. The summed E-state index contributed by atoms with van der Waals surface area (Å²) in [5.74, 6) is -1.99. The average molecular weight is 494 g/mol. The highest BCUT2D eigenvalue weighted by molar-refractivity contribution is 7.91. The largest absolute Gasteiger partial charge is 0.471 e. The van der Waals surface area contributed by atoms with E-state index in [1.54, 1.807) is 0 Å². The molecule has 1 fully saturated rings. The summed E-state index contributed by atoms with van der Waals surface area (Å²) in [6.45, 7) is -0.780. The molecule has 2 aromatic rings. The molecule has 0 radical (unpaired) electrons. The molecule has 1 saturated heterocycles. The molecule has 1 heterocycles. The number of aldehydes is 1. The van der Waals surface area contributed by atoms with Crippen LogP contribution in [0.2, 0.25) is 0 Å². The number of halogens is 6. The fraction of sp³-hybridized carbons (Fsp3) is 0.300. The van der Waals surface area contributed by atoms with Crippen LogP contribution in [0.5, 0.6) is 0 Å². The number of hydrogen-bond acceptors (Lipinski definition) is 5. The highest BCUT2D eigenvalue weighted by Crippen LogP contribution is 2.33. The van der Waals surface area contributed by atoms with Crippen molar-refractivity contribution in [2.45, 2.75) is 22.1 Å². The zero-order chi connectivity index (χ0) is 24.6. The second-order valence-corrected chi connectivity index (χ2v) is 9.03. The van der Waals surface area contributed by atoms with Crippen LogP contribution in [-0.2, 0) is 20.8 Å². The molecule has 1 aliphatic heterocycles. The molecule has 0 bridgehead atoms. The summed E-state index contributed by atoms with van der Waals surface area (Å²) in [4.78, 5) is 24.4. The third-order valence-electron chi connectivity index (χ3n) is 5.09. The molecule has 178 valence electrons. The average Bonchev–Trinajstić information content (AvgIpc) is 2.77. The molecule has 0 unspecified atom stereocenters. The number of sulfone groups is 1. The number of benzene rings is 2. The summed E-state index contributed by atoms with van der Waals surface area (Å²) < 4.78 is 102. The summed E-state index contributed by atoms with van der Waals surface area (Å²) in [5, 5.41) is 0. The number of amides is 1. The Morgan fingerprint density at radius 2 is 1.45 bits per heavy atom. The SMILES string of the molecule is O=Cc1c(N2CCN(C(=O)C(F)(F)F)CC2)cccc1S(=O)(=O)c1ccc(C(F)(F)F)cc1. The minimum atomic E-state index is -5.02. The van der Waals surface area contributed by atoms with Crippen LogP contribution in [0.4, 0.5) is 32.0 Å². The van der Waals surface area contributed by atoms with Crippen molar-refractivity contribution in [2.75, 3.05) is 31.1 Å². The number of anilines is 1. The minimum absolute atomic E-state index is 0.0908. The van der Waals surface area contributed by atoms with Crippen LogP contribution in [0.25, 0.3) is 0 Å². The second-order valence-electron chi connectivity index (χ2n) is 7.11. The van der Waals surface area contributed by atoms with Crippen molar-refractivity contribution in [3.05, 3.63) is 53.6 Å². The van der Waals surface area contributed by atoms with Gasteiger partial charge in [0.05, 0.1) is 20.9 Å². The van der Waals surface area contributed by atoms with E-state index in [2.05, 4.69) is 0 Å². The van der Waals surface area contributed by atoms with Crippen molar-refractivity contribution in [3.8, 4) is 0 Å². The first-order valence-electron chi connectivity index (χ1n) is 9.38. The van der Waals surface area contributed by atoms with Crippen molar-refractivity contribution in [1.29, 1.82) is 0 Å². The Kier molecular flexibility index (Phi) is 6.46. The zero-order valence-electron chi connectivity index (χ0n) is 16.7. The van der Waals surface area contributed by atoms with Crippen molar-refractivity contribution >= 4 is 27.7 Å². The van der Waals surface area contributed by atoms with Crippen molar-refractivity contribution in [1.82, 2.24) is 4.90 Å². The Balaban J connectivity index is 1.91. The number of carbonyl (C=O) groups is 2. The number of alkyl halides is 6. The van der Waals surface area contributed by atoms with Gasteiger partial charge in [-0.05, 0) is 36.4 Å². The first-order chi connectivity index (χ1) is 15.3. The van der Waals surface area contributed by atoms with Gasteiger partial charge in [0.15, 0.2) is 6.29 Å². The molecule has 0 aromatic heterocycles. The van der Waals surface area contributed by atoms with Gasteiger partial charge in [-0.15, -0.1) is 0 Å². The van der Waals surface area contributed by atoms with Gasteiger partial charge >= 0.3 is 18.3 Å². The van der Waals surface area contributed by atoms with Gasteiger partial charge in [0.25, 0.3) is 0 Å². The van der Waals surface area contributed by atoms with E-state index in [1.165, 1.54) is 17.0 Å². The fourth-order valence-electron chi connectivity index (χ4n) is 3.44. The predicted molar refractivity (Wildman–Crippen MR) is 104 cm³/mol. The molecule has 0 aliphatic carbocycles. The molecule has 0 atom stereocenters. The topological polar surface area (TPSA) is 74.8 Å².